The normalized spacial score (nSPS) is 19.6. The van der Waals surface area contributed by atoms with Gasteiger partial charge in [-0.1, -0.05) is 0 Å². The molecule has 7 heteroatoms. The van der Waals surface area contributed by atoms with Crippen LogP contribution in [-0.4, -0.2) is 55.4 Å². The van der Waals surface area contributed by atoms with Crippen LogP contribution in [0.4, 0.5) is 0 Å². The molecule has 2 heterocycles. The van der Waals surface area contributed by atoms with Gasteiger partial charge in [-0.3, -0.25) is 4.79 Å². The Bertz CT molecular complexity index is 930. The largest absolute Gasteiger partial charge is 0.497 e. The molecule has 1 aromatic carbocycles. The summed E-state index contributed by atoms with van der Waals surface area (Å²) in [5.74, 6) is 0.901. The van der Waals surface area contributed by atoms with Gasteiger partial charge in [0, 0.05) is 29.7 Å². The summed E-state index contributed by atoms with van der Waals surface area (Å²) in [5.41, 5.74) is 1.04. The summed E-state index contributed by atoms with van der Waals surface area (Å²) >= 11 is 0. The lowest BCUT2D eigenvalue weighted by Gasteiger charge is -2.35. The summed E-state index contributed by atoms with van der Waals surface area (Å²) in [6.45, 7) is 6.18. The molecule has 1 amide bonds. The number of fused-ring (bicyclic) bond motifs is 1. The molecule has 0 radical (unpaired) electrons. The number of likely N-dealkylation sites (N-methyl/N-ethyl adjacent to an activating group) is 1. The lowest BCUT2D eigenvalue weighted by atomic mass is 9.82. The molecule has 1 saturated heterocycles. The van der Waals surface area contributed by atoms with E-state index in [9.17, 15) is 13.2 Å². The second-order valence-corrected chi connectivity index (χ2v) is 9.62. The van der Waals surface area contributed by atoms with E-state index in [2.05, 4.69) is 4.98 Å². The minimum atomic E-state index is -3.04. The molecule has 0 aliphatic carbocycles. The van der Waals surface area contributed by atoms with Crippen molar-refractivity contribution in [2.45, 2.75) is 38.6 Å². The number of nitrogens with one attached hydrogen (secondary N) is 1. The summed E-state index contributed by atoms with van der Waals surface area (Å²) in [5, 5.41) is 0.942. The number of rotatable bonds is 5. The fourth-order valence-corrected chi connectivity index (χ4v) is 5.54. The number of aromatic amines is 1. The van der Waals surface area contributed by atoms with Gasteiger partial charge in [0.05, 0.1) is 24.0 Å². The number of carbonyl (C=O) groups excluding carboxylic acids is 1. The smallest absolute Gasteiger partial charge is 0.233 e. The third-order valence-electron chi connectivity index (χ3n) is 5.35. The first-order chi connectivity index (χ1) is 12.2. The van der Waals surface area contributed by atoms with E-state index in [1.165, 1.54) is 0 Å². The van der Waals surface area contributed by atoms with E-state index >= 15 is 0 Å². The van der Waals surface area contributed by atoms with Crippen LogP contribution in [0.1, 0.15) is 32.8 Å². The van der Waals surface area contributed by atoms with Crippen molar-refractivity contribution in [2.75, 3.05) is 25.2 Å². The molecule has 3 rings (SSSR count). The van der Waals surface area contributed by atoms with Crippen LogP contribution in [0, 0.1) is 0 Å². The van der Waals surface area contributed by atoms with Gasteiger partial charge in [0.15, 0.2) is 9.84 Å². The Balaban J connectivity index is 1.97. The van der Waals surface area contributed by atoms with Crippen molar-refractivity contribution in [3.8, 4) is 5.75 Å². The summed E-state index contributed by atoms with van der Waals surface area (Å²) in [6.07, 6.45) is 2.38. The van der Waals surface area contributed by atoms with E-state index < -0.39 is 15.3 Å². The van der Waals surface area contributed by atoms with Crippen molar-refractivity contribution >= 4 is 26.6 Å². The van der Waals surface area contributed by atoms with E-state index in [-0.39, 0.29) is 23.5 Å². The molecular formula is C19H26N2O4S. The van der Waals surface area contributed by atoms with Gasteiger partial charge in [-0.05, 0) is 51.0 Å². The fourth-order valence-electron chi connectivity index (χ4n) is 3.81. The third kappa shape index (κ3) is 3.20. The first kappa shape index (κ1) is 18.8. The molecule has 1 N–H and O–H groups in total. The van der Waals surface area contributed by atoms with Gasteiger partial charge in [-0.25, -0.2) is 8.42 Å². The molecule has 142 valence electrons. The highest BCUT2D eigenvalue weighted by molar-refractivity contribution is 7.91. The minimum Gasteiger partial charge on any atom is -0.497 e. The summed E-state index contributed by atoms with van der Waals surface area (Å²) in [6, 6.07) is 5.49. The third-order valence-corrected chi connectivity index (χ3v) is 7.10. The lowest BCUT2D eigenvalue weighted by Crippen LogP contribution is -2.49. The topological polar surface area (TPSA) is 79.5 Å². The Morgan fingerprint density at radius 1 is 1.38 bits per heavy atom. The average molecular weight is 378 g/mol. The van der Waals surface area contributed by atoms with E-state index in [1.54, 1.807) is 12.0 Å². The van der Waals surface area contributed by atoms with Crippen LogP contribution in [0.25, 0.3) is 10.9 Å². The van der Waals surface area contributed by atoms with Crippen LogP contribution in [0.2, 0.25) is 0 Å². The Hall–Kier alpha value is -2.02. The molecule has 1 unspecified atom stereocenters. The van der Waals surface area contributed by atoms with E-state index in [0.717, 1.165) is 22.2 Å². The second-order valence-electron chi connectivity index (χ2n) is 7.39. The molecule has 1 aliphatic rings. The molecule has 1 atom stereocenters. The maximum Gasteiger partial charge on any atom is 0.233 e. The molecular weight excluding hydrogens is 352 g/mol. The minimum absolute atomic E-state index is 0.0502. The number of ether oxygens (including phenoxy) is 1. The maximum absolute atomic E-state index is 13.4. The molecule has 0 saturated carbocycles. The number of carbonyl (C=O) groups is 1. The molecule has 0 bridgehead atoms. The van der Waals surface area contributed by atoms with Crippen molar-refractivity contribution in [1.82, 2.24) is 9.88 Å². The zero-order chi connectivity index (χ0) is 19.1. The number of hydrogen-bond acceptors (Lipinski definition) is 4. The Morgan fingerprint density at radius 3 is 2.69 bits per heavy atom. The second kappa shape index (κ2) is 6.61. The highest BCUT2D eigenvalue weighted by atomic mass is 32.2. The predicted octanol–water partition coefficient (Wildman–Crippen LogP) is 2.49. The van der Waals surface area contributed by atoms with Gasteiger partial charge < -0.3 is 14.6 Å². The monoisotopic (exact) mass is 378 g/mol. The number of amides is 1. The highest BCUT2D eigenvalue weighted by Crippen LogP contribution is 2.35. The van der Waals surface area contributed by atoms with Crippen LogP contribution < -0.4 is 4.74 Å². The first-order valence-corrected chi connectivity index (χ1v) is 10.7. The van der Waals surface area contributed by atoms with Crippen molar-refractivity contribution in [3.05, 3.63) is 30.0 Å². The Morgan fingerprint density at radius 2 is 2.12 bits per heavy atom. The van der Waals surface area contributed by atoms with Gasteiger partial charge in [-0.15, -0.1) is 0 Å². The summed E-state index contributed by atoms with van der Waals surface area (Å²) in [7, 11) is -1.43. The number of methoxy groups -OCH3 is 1. The van der Waals surface area contributed by atoms with Gasteiger partial charge >= 0.3 is 0 Å². The van der Waals surface area contributed by atoms with Gasteiger partial charge in [0.1, 0.15) is 5.75 Å². The quantitative estimate of drug-likeness (QED) is 0.867. The number of aromatic nitrogens is 1. The van der Waals surface area contributed by atoms with Gasteiger partial charge in [0.25, 0.3) is 0 Å². The maximum atomic E-state index is 13.4. The SMILES string of the molecule is CCN(C(=O)C(C)(C)c1c[nH]c2ccc(OC)cc12)C1CCS(=O)(=O)C1. The van der Waals surface area contributed by atoms with E-state index in [4.69, 9.17) is 4.74 Å². The Kier molecular flexibility index (Phi) is 4.77. The van der Waals surface area contributed by atoms with Gasteiger partial charge in [0.2, 0.25) is 5.91 Å². The average Bonchev–Trinajstić information content (AvgIpc) is 3.18. The fraction of sp³-hybridized carbons (Fsp3) is 0.526. The van der Waals surface area contributed by atoms with E-state index in [1.807, 2.05) is 45.2 Å². The van der Waals surface area contributed by atoms with Crippen LogP contribution in [0.5, 0.6) is 5.75 Å². The molecule has 1 aliphatic heterocycles. The molecule has 1 aromatic heterocycles. The molecule has 6 nitrogen and oxygen atoms in total. The standard InChI is InChI=1S/C19H26N2O4S/c1-5-21(13-8-9-26(23,24)12-13)18(22)19(2,3)16-11-20-17-7-6-14(25-4)10-15(16)17/h6-7,10-11,13,20H,5,8-9,12H2,1-4H3. The predicted molar refractivity (Wildman–Crippen MR) is 102 cm³/mol. The summed E-state index contributed by atoms with van der Waals surface area (Å²) in [4.78, 5) is 18.3. The lowest BCUT2D eigenvalue weighted by molar-refractivity contribution is -0.137. The van der Waals surface area contributed by atoms with Crippen LogP contribution in [0.15, 0.2) is 24.4 Å². The van der Waals surface area contributed by atoms with Crippen LogP contribution in [-0.2, 0) is 20.0 Å². The highest BCUT2D eigenvalue weighted by Gasteiger charge is 2.41. The zero-order valence-electron chi connectivity index (χ0n) is 15.7. The Labute approximate surface area is 154 Å². The molecule has 1 fully saturated rings. The number of benzene rings is 1. The number of sulfone groups is 1. The first-order valence-electron chi connectivity index (χ1n) is 8.86. The number of hydrogen-bond donors (Lipinski definition) is 1. The molecule has 0 spiro atoms. The number of H-pyrrole nitrogens is 1. The van der Waals surface area contributed by atoms with Gasteiger partial charge in [-0.2, -0.15) is 0 Å². The van der Waals surface area contributed by atoms with Crippen molar-refractivity contribution < 1.29 is 17.9 Å². The van der Waals surface area contributed by atoms with E-state index in [0.29, 0.717) is 13.0 Å². The van der Waals surface area contributed by atoms with Crippen molar-refractivity contribution in [3.63, 3.8) is 0 Å². The number of nitrogens with zero attached hydrogens (tertiary/aromatic N) is 1. The van der Waals surface area contributed by atoms with Crippen LogP contribution >= 0.6 is 0 Å². The van der Waals surface area contributed by atoms with Crippen molar-refractivity contribution in [1.29, 1.82) is 0 Å². The summed E-state index contributed by atoms with van der Waals surface area (Å²) < 4.78 is 29.0. The molecule has 26 heavy (non-hydrogen) atoms. The zero-order valence-corrected chi connectivity index (χ0v) is 16.5. The van der Waals surface area contributed by atoms with Crippen LogP contribution in [0.3, 0.4) is 0 Å². The van der Waals surface area contributed by atoms with Crippen molar-refractivity contribution in [2.24, 2.45) is 0 Å². The molecule has 2 aromatic rings.